The number of fused-ring (bicyclic) bond motifs is 5. The van der Waals surface area contributed by atoms with Gasteiger partial charge >= 0.3 is 5.97 Å². The molecule has 4 aliphatic carbocycles. The number of rotatable bonds is 1. The minimum atomic E-state index is -1.08. The SMILES string of the molecule is C=C1[C@@H]2CC[C@H]3[C@]4(C)[C@H](CC[C@@]5(C)C(=O)O[C@H](O)[C@@H]45)[C@H](O)[C@]3(C2)[C@H]1OC. The average Bonchev–Trinajstić information content (AvgIpc) is 3.04. The summed E-state index contributed by atoms with van der Waals surface area (Å²) in [6.45, 7) is 8.46. The number of aliphatic hydroxyl groups is 2. The van der Waals surface area contributed by atoms with Gasteiger partial charge in [-0.2, -0.15) is 0 Å². The zero-order valence-electron chi connectivity index (χ0n) is 15.9. The van der Waals surface area contributed by atoms with Gasteiger partial charge in [0.2, 0.25) is 6.29 Å². The summed E-state index contributed by atoms with van der Waals surface area (Å²) in [6, 6.07) is 0. The van der Waals surface area contributed by atoms with Crippen molar-refractivity contribution in [2.45, 2.75) is 64.4 Å². The summed E-state index contributed by atoms with van der Waals surface area (Å²) in [7, 11) is 1.72. The molecule has 1 heterocycles. The second-order valence-electron chi connectivity index (χ2n) is 9.98. The number of carbonyl (C=O) groups is 1. The maximum absolute atomic E-state index is 12.6. The quantitative estimate of drug-likeness (QED) is 0.553. The lowest BCUT2D eigenvalue weighted by Gasteiger charge is -2.53. The zero-order valence-corrected chi connectivity index (χ0v) is 15.9. The van der Waals surface area contributed by atoms with Crippen molar-refractivity contribution < 1.29 is 24.5 Å². The van der Waals surface area contributed by atoms with E-state index < -0.39 is 17.8 Å². The van der Waals surface area contributed by atoms with E-state index >= 15 is 0 Å². The van der Waals surface area contributed by atoms with Crippen LogP contribution >= 0.6 is 0 Å². The van der Waals surface area contributed by atoms with Gasteiger partial charge in [0.15, 0.2) is 0 Å². The molecule has 1 spiro atoms. The predicted octanol–water partition coefficient (Wildman–Crippen LogP) is 2.26. The molecular weight excluding hydrogens is 332 g/mol. The minimum absolute atomic E-state index is 0.0528. The topological polar surface area (TPSA) is 76.0 Å². The van der Waals surface area contributed by atoms with Crippen LogP contribution in [0.25, 0.3) is 0 Å². The van der Waals surface area contributed by atoms with E-state index in [9.17, 15) is 15.0 Å². The third-order valence-corrected chi connectivity index (χ3v) is 9.43. The largest absolute Gasteiger partial charge is 0.435 e. The third-order valence-electron chi connectivity index (χ3n) is 9.43. The van der Waals surface area contributed by atoms with Crippen molar-refractivity contribution in [3.05, 3.63) is 12.2 Å². The van der Waals surface area contributed by atoms with Gasteiger partial charge in [-0.15, -0.1) is 0 Å². The lowest BCUT2D eigenvalue weighted by molar-refractivity contribution is -0.163. The molecule has 5 aliphatic rings. The highest BCUT2D eigenvalue weighted by Gasteiger charge is 2.78. The van der Waals surface area contributed by atoms with Crippen LogP contribution in [0.15, 0.2) is 12.2 Å². The number of aliphatic hydroxyl groups excluding tert-OH is 2. The number of ether oxygens (including phenoxy) is 2. The Morgan fingerprint density at radius 2 is 1.96 bits per heavy atom. The second-order valence-corrected chi connectivity index (χ2v) is 9.98. The van der Waals surface area contributed by atoms with Crippen LogP contribution in [0, 0.1) is 39.9 Å². The van der Waals surface area contributed by atoms with Gasteiger partial charge in [-0.05, 0) is 67.8 Å². The van der Waals surface area contributed by atoms with Gasteiger partial charge in [0, 0.05) is 18.4 Å². The molecular formula is C21H30O5. The molecule has 5 fully saturated rings. The average molecular weight is 362 g/mol. The highest BCUT2D eigenvalue weighted by Crippen LogP contribution is 2.77. The summed E-state index contributed by atoms with van der Waals surface area (Å²) < 4.78 is 11.3. The van der Waals surface area contributed by atoms with Crippen LogP contribution in [0.1, 0.15) is 46.0 Å². The number of methoxy groups -OCH3 is 1. The maximum Gasteiger partial charge on any atom is 0.314 e. The molecule has 0 amide bonds. The van der Waals surface area contributed by atoms with E-state index in [0.29, 0.717) is 12.3 Å². The van der Waals surface area contributed by atoms with Gasteiger partial charge in [0.25, 0.3) is 0 Å². The first-order valence-electron chi connectivity index (χ1n) is 10.0. The number of esters is 1. The van der Waals surface area contributed by atoms with Crippen LogP contribution in [0.2, 0.25) is 0 Å². The van der Waals surface area contributed by atoms with E-state index in [1.165, 1.54) is 0 Å². The van der Waals surface area contributed by atoms with Crippen molar-refractivity contribution in [1.82, 2.24) is 0 Å². The molecule has 5 heteroatoms. The van der Waals surface area contributed by atoms with E-state index in [1.54, 1.807) is 7.11 Å². The van der Waals surface area contributed by atoms with Crippen molar-refractivity contribution >= 4 is 5.97 Å². The molecule has 1 aliphatic heterocycles. The Balaban J connectivity index is 1.69. The summed E-state index contributed by atoms with van der Waals surface area (Å²) in [4.78, 5) is 12.6. The van der Waals surface area contributed by atoms with E-state index in [4.69, 9.17) is 9.47 Å². The summed E-state index contributed by atoms with van der Waals surface area (Å²) in [6.07, 6.45) is 2.70. The van der Waals surface area contributed by atoms with Crippen molar-refractivity contribution in [3.63, 3.8) is 0 Å². The lowest BCUT2D eigenvalue weighted by atomic mass is 9.49. The predicted molar refractivity (Wildman–Crippen MR) is 93.7 cm³/mol. The van der Waals surface area contributed by atoms with Crippen LogP contribution in [0.5, 0.6) is 0 Å². The van der Waals surface area contributed by atoms with Crippen LogP contribution in [-0.2, 0) is 14.3 Å². The molecule has 5 rings (SSSR count). The van der Waals surface area contributed by atoms with Gasteiger partial charge in [-0.25, -0.2) is 0 Å². The fraction of sp³-hybridized carbons (Fsp3) is 0.857. The van der Waals surface area contributed by atoms with E-state index in [1.807, 2.05) is 6.92 Å². The van der Waals surface area contributed by atoms with Crippen molar-refractivity contribution in [2.75, 3.05) is 7.11 Å². The molecule has 1 saturated heterocycles. The first-order valence-corrected chi connectivity index (χ1v) is 10.0. The Kier molecular flexibility index (Phi) is 3.26. The number of hydrogen-bond acceptors (Lipinski definition) is 5. The van der Waals surface area contributed by atoms with Gasteiger partial charge in [-0.1, -0.05) is 13.5 Å². The van der Waals surface area contributed by atoms with Gasteiger partial charge in [-0.3, -0.25) is 4.79 Å². The Morgan fingerprint density at radius 3 is 2.65 bits per heavy atom. The summed E-state index contributed by atoms with van der Waals surface area (Å²) in [5.74, 6) is 0.106. The monoisotopic (exact) mass is 362 g/mol. The summed E-state index contributed by atoms with van der Waals surface area (Å²) >= 11 is 0. The standard InChI is InChI=1S/C21H30O5/c1-10-11-5-6-13-20(3)12(15(22)21(13,9-11)16(10)25-4)7-8-19(2)14(20)17(23)26-18(19)24/h11-17,22-23H,1,5-9H2,2-4H3/t11-,12-,13+,14-,15+,16+,17+,19-,20+,21-/m1/s1. The zero-order chi connectivity index (χ0) is 18.6. The highest BCUT2D eigenvalue weighted by atomic mass is 16.6. The van der Waals surface area contributed by atoms with Crippen LogP contribution < -0.4 is 0 Å². The third kappa shape index (κ3) is 1.56. The van der Waals surface area contributed by atoms with E-state index in [2.05, 4.69) is 13.5 Å². The molecule has 2 bridgehead atoms. The van der Waals surface area contributed by atoms with Crippen molar-refractivity contribution in [3.8, 4) is 0 Å². The summed E-state index contributed by atoms with van der Waals surface area (Å²) in [5.41, 5.74) is -0.224. The molecule has 5 nitrogen and oxygen atoms in total. The summed E-state index contributed by atoms with van der Waals surface area (Å²) in [5, 5.41) is 22.3. The molecule has 26 heavy (non-hydrogen) atoms. The van der Waals surface area contributed by atoms with Gasteiger partial charge < -0.3 is 19.7 Å². The molecule has 10 atom stereocenters. The molecule has 4 saturated carbocycles. The Labute approximate surface area is 154 Å². The Bertz CT molecular complexity index is 690. The Morgan fingerprint density at radius 1 is 1.23 bits per heavy atom. The van der Waals surface area contributed by atoms with E-state index in [0.717, 1.165) is 31.3 Å². The van der Waals surface area contributed by atoms with Crippen molar-refractivity contribution in [2.24, 2.45) is 39.9 Å². The molecule has 0 unspecified atom stereocenters. The normalized spacial score (nSPS) is 60.4. The molecule has 144 valence electrons. The molecule has 0 aromatic rings. The first-order chi connectivity index (χ1) is 12.2. The molecule has 0 radical (unpaired) electrons. The fourth-order valence-electron chi connectivity index (χ4n) is 8.57. The van der Waals surface area contributed by atoms with Gasteiger partial charge in [0.05, 0.1) is 17.6 Å². The van der Waals surface area contributed by atoms with Crippen molar-refractivity contribution in [1.29, 1.82) is 0 Å². The highest BCUT2D eigenvalue weighted by molar-refractivity contribution is 5.79. The smallest absolute Gasteiger partial charge is 0.314 e. The van der Waals surface area contributed by atoms with Crippen LogP contribution in [-0.4, -0.2) is 41.8 Å². The number of hydrogen-bond donors (Lipinski definition) is 2. The van der Waals surface area contributed by atoms with Gasteiger partial charge in [0.1, 0.15) is 0 Å². The maximum atomic E-state index is 12.6. The minimum Gasteiger partial charge on any atom is -0.435 e. The Hall–Kier alpha value is -0.910. The molecule has 0 aromatic heterocycles. The lowest BCUT2D eigenvalue weighted by Crippen LogP contribution is -2.53. The van der Waals surface area contributed by atoms with Crippen LogP contribution in [0.4, 0.5) is 0 Å². The number of carbonyl (C=O) groups excluding carboxylic acids is 1. The second kappa shape index (κ2) is 4.92. The molecule has 2 N–H and O–H groups in total. The van der Waals surface area contributed by atoms with E-state index in [-0.39, 0.29) is 40.7 Å². The number of cyclic esters (lactones) is 1. The fourth-order valence-corrected chi connectivity index (χ4v) is 8.57. The van der Waals surface area contributed by atoms with Crippen LogP contribution in [0.3, 0.4) is 0 Å². The molecule has 0 aromatic carbocycles. The first kappa shape index (κ1) is 17.2.